The summed E-state index contributed by atoms with van der Waals surface area (Å²) in [4.78, 5) is 12.5. The van der Waals surface area contributed by atoms with Crippen LogP contribution >= 0.6 is 0 Å². The van der Waals surface area contributed by atoms with Crippen molar-refractivity contribution in [2.24, 2.45) is 0 Å². The van der Waals surface area contributed by atoms with Crippen LogP contribution < -0.4 is 0 Å². The van der Waals surface area contributed by atoms with Crippen molar-refractivity contribution in [3.8, 4) is 0 Å². The van der Waals surface area contributed by atoms with Crippen LogP contribution in [0.3, 0.4) is 0 Å². The van der Waals surface area contributed by atoms with E-state index in [2.05, 4.69) is 11.8 Å². The van der Waals surface area contributed by atoms with Crippen molar-refractivity contribution >= 4 is 5.97 Å². The molecule has 0 heterocycles. The van der Waals surface area contributed by atoms with Gasteiger partial charge >= 0.3 is 5.97 Å². The molecule has 1 aliphatic rings. The Morgan fingerprint density at radius 1 is 1.43 bits per heavy atom. The molecule has 0 bridgehead atoms. The highest BCUT2D eigenvalue weighted by molar-refractivity contribution is 5.79. The van der Waals surface area contributed by atoms with Gasteiger partial charge in [0, 0.05) is 24.9 Å². The van der Waals surface area contributed by atoms with Crippen molar-refractivity contribution in [3.05, 3.63) is 12.3 Å². The summed E-state index contributed by atoms with van der Waals surface area (Å²) in [6.45, 7) is 2.97. The summed E-state index contributed by atoms with van der Waals surface area (Å²) < 4.78 is 0. The Hall–Kier alpha value is -0.990. The quantitative estimate of drug-likeness (QED) is 0.703. The second kappa shape index (κ2) is 5.68. The summed E-state index contributed by atoms with van der Waals surface area (Å²) in [7, 11) is 0. The van der Waals surface area contributed by atoms with Gasteiger partial charge in [0.2, 0.25) is 0 Å². The molecular formula is C11H19NO2. The molecular weight excluding hydrogens is 178 g/mol. The van der Waals surface area contributed by atoms with E-state index in [-0.39, 0.29) is 0 Å². The maximum Gasteiger partial charge on any atom is 0.329 e. The smallest absolute Gasteiger partial charge is 0.329 e. The van der Waals surface area contributed by atoms with E-state index in [0.29, 0.717) is 6.04 Å². The van der Waals surface area contributed by atoms with Crippen LogP contribution in [0.15, 0.2) is 12.3 Å². The lowest BCUT2D eigenvalue weighted by atomic mass is 9.94. The standard InChI is InChI=1S/C11H19NO2/c1-2-12(9-8-11(13)14)10-6-4-3-5-7-10/h8-10H,2-7H2,1H3,(H,13,14). The van der Waals surface area contributed by atoms with Crippen molar-refractivity contribution in [2.75, 3.05) is 6.54 Å². The SMILES string of the molecule is CCN(C=CC(=O)O)C1CCCCC1. The summed E-state index contributed by atoms with van der Waals surface area (Å²) in [5, 5.41) is 8.54. The first kappa shape index (κ1) is 11.1. The number of hydrogen-bond acceptors (Lipinski definition) is 2. The lowest BCUT2D eigenvalue weighted by Crippen LogP contribution is -2.32. The van der Waals surface area contributed by atoms with E-state index >= 15 is 0 Å². The van der Waals surface area contributed by atoms with Gasteiger partial charge in [-0.25, -0.2) is 4.79 Å². The van der Waals surface area contributed by atoms with E-state index in [1.807, 2.05) is 0 Å². The van der Waals surface area contributed by atoms with Crippen molar-refractivity contribution in [1.29, 1.82) is 0 Å². The summed E-state index contributed by atoms with van der Waals surface area (Å²) in [6, 6.07) is 0.560. The second-order valence-electron chi connectivity index (χ2n) is 3.78. The van der Waals surface area contributed by atoms with Crippen molar-refractivity contribution in [1.82, 2.24) is 4.90 Å². The summed E-state index contributed by atoms with van der Waals surface area (Å²) in [6.07, 6.45) is 9.26. The fraction of sp³-hybridized carbons (Fsp3) is 0.727. The van der Waals surface area contributed by atoms with Crippen LogP contribution in [0.4, 0.5) is 0 Å². The van der Waals surface area contributed by atoms with Crippen LogP contribution in [0, 0.1) is 0 Å². The molecule has 1 aliphatic carbocycles. The number of rotatable bonds is 4. The predicted octanol–water partition coefficient (Wildman–Crippen LogP) is 2.24. The minimum Gasteiger partial charge on any atom is -0.478 e. The summed E-state index contributed by atoms with van der Waals surface area (Å²) >= 11 is 0. The molecule has 0 aromatic heterocycles. The average Bonchev–Trinajstić information content (AvgIpc) is 2.20. The van der Waals surface area contributed by atoms with Gasteiger partial charge in [0.05, 0.1) is 0 Å². The van der Waals surface area contributed by atoms with Crippen molar-refractivity contribution in [3.63, 3.8) is 0 Å². The lowest BCUT2D eigenvalue weighted by Gasteiger charge is -2.32. The minimum absolute atomic E-state index is 0.560. The number of hydrogen-bond donors (Lipinski definition) is 1. The predicted molar refractivity (Wildman–Crippen MR) is 56.0 cm³/mol. The maximum absolute atomic E-state index is 10.4. The van der Waals surface area contributed by atoms with E-state index in [0.717, 1.165) is 6.54 Å². The molecule has 1 N–H and O–H groups in total. The Balaban J connectivity index is 2.47. The number of carboxylic acid groups (broad SMARTS) is 1. The maximum atomic E-state index is 10.4. The van der Waals surface area contributed by atoms with E-state index in [4.69, 9.17) is 5.11 Å². The molecule has 0 spiro atoms. The minimum atomic E-state index is -0.862. The molecule has 3 heteroatoms. The molecule has 0 unspecified atom stereocenters. The molecule has 0 aromatic rings. The van der Waals surface area contributed by atoms with Gasteiger partial charge in [0.15, 0.2) is 0 Å². The van der Waals surface area contributed by atoms with Crippen LogP contribution in [0.25, 0.3) is 0 Å². The van der Waals surface area contributed by atoms with Crippen LogP contribution in [0.1, 0.15) is 39.0 Å². The lowest BCUT2D eigenvalue weighted by molar-refractivity contribution is -0.131. The Labute approximate surface area is 85.4 Å². The molecule has 0 aromatic carbocycles. The summed E-state index contributed by atoms with van der Waals surface area (Å²) in [5.41, 5.74) is 0. The molecule has 1 fully saturated rings. The molecule has 0 aliphatic heterocycles. The van der Waals surface area contributed by atoms with E-state index < -0.39 is 5.97 Å². The molecule has 0 atom stereocenters. The zero-order chi connectivity index (χ0) is 10.4. The Kier molecular flexibility index (Phi) is 4.50. The van der Waals surface area contributed by atoms with Gasteiger partial charge < -0.3 is 10.0 Å². The third kappa shape index (κ3) is 3.40. The Bertz CT molecular complexity index is 207. The highest BCUT2D eigenvalue weighted by atomic mass is 16.4. The highest BCUT2D eigenvalue weighted by Crippen LogP contribution is 2.22. The van der Waals surface area contributed by atoms with Gasteiger partial charge in [-0.1, -0.05) is 19.3 Å². The molecule has 0 amide bonds. The van der Waals surface area contributed by atoms with Gasteiger partial charge in [-0.3, -0.25) is 0 Å². The third-order valence-electron chi connectivity index (χ3n) is 2.82. The number of carboxylic acids is 1. The molecule has 0 radical (unpaired) electrons. The van der Waals surface area contributed by atoms with E-state index in [9.17, 15) is 4.79 Å². The zero-order valence-electron chi connectivity index (χ0n) is 8.78. The topological polar surface area (TPSA) is 40.5 Å². The van der Waals surface area contributed by atoms with Gasteiger partial charge in [-0.15, -0.1) is 0 Å². The molecule has 3 nitrogen and oxygen atoms in total. The molecule has 1 saturated carbocycles. The Morgan fingerprint density at radius 2 is 2.07 bits per heavy atom. The number of carbonyl (C=O) groups is 1. The first-order valence-electron chi connectivity index (χ1n) is 5.41. The fourth-order valence-corrected chi connectivity index (χ4v) is 2.06. The highest BCUT2D eigenvalue weighted by Gasteiger charge is 2.17. The van der Waals surface area contributed by atoms with E-state index in [1.165, 1.54) is 38.2 Å². The van der Waals surface area contributed by atoms with E-state index in [1.54, 1.807) is 6.20 Å². The van der Waals surface area contributed by atoms with Crippen LogP contribution in [0.5, 0.6) is 0 Å². The van der Waals surface area contributed by atoms with Gasteiger partial charge in [0.25, 0.3) is 0 Å². The molecule has 1 rings (SSSR count). The molecule has 0 saturated heterocycles. The van der Waals surface area contributed by atoms with Crippen molar-refractivity contribution < 1.29 is 9.90 Å². The average molecular weight is 197 g/mol. The van der Waals surface area contributed by atoms with Gasteiger partial charge in [-0.05, 0) is 19.8 Å². The Morgan fingerprint density at radius 3 is 2.57 bits per heavy atom. The number of nitrogens with zero attached hydrogens (tertiary/aromatic N) is 1. The molecule has 14 heavy (non-hydrogen) atoms. The first-order chi connectivity index (χ1) is 6.74. The van der Waals surface area contributed by atoms with Crippen LogP contribution in [-0.2, 0) is 4.79 Å². The molecule has 80 valence electrons. The van der Waals surface area contributed by atoms with Gasteiger partial charge in [0.1, 0.15) is 0 Å². The zero-order valence-corrected chi connectivity index (χ0v) is 8.78. The first-order valence-corrected chi connectivity index (χ1v) is 5.41. The third-order valence-corrected chi connectivity index (χ3v) is 2.82. The fourth-order valence-electron chi connectivity index (χ4n) is 2.06. The van der Waals surface area contributed by atoms with Crippen molar-refractivity contribution in [2.45, 2.75) is 45.1 Å². The monoisotopic (exact) mass is 197 g/mol. The summed E-state index contributed by atoms with van der Waals surface area (Å²) in [5.74, 6) is -0.862. The van der Waals surface area contributed by atoms with Crippen LogP contribution in [-0.4, -0.2) is 28.6 Å². The van der Waals surface area contributed by atoms with Crippen LogP contribution in [0.2, 0.25) is 0 Å². The van der Waals surface area contributed by atoms with Gasteiger partial charge in [-0.2, -0.15) is 0 Å². The normalized spacial score (nSPS) is 18.6. The largest absolute Gasteiger partial charge is 0.478 e. The number of aliphatic carboxylic acids is 1. The second-order valence-corrected chi connectivity index (χ2v) is 3.78.